The number of hydrogen-bond acceptors (Lipinski definition) is 4. The smallest absolute Gasteiger partial charge is 0.246 e. The summed E-state index contributed by atoms with van der Waals surface area (Å²) in [6, 6.07) is 3.94. The van der Waals surface area contributed by atoms with Gasteiger partial charge in [0.15, 0.2) is 0 Å². The van der Waals surface area contributed by atoms with E-state index in [1.54, 1.807) is 36.5 Å². The molecule has 5 heteroatoms. The summed E-state index contributed by atoms with van der Waals surface area (Å²) in [5, 5.41) is 1.98. The van der Waals surface area contributed by atoms with Crippen molar-refractivity contribution in [2.45, 2.75) is 0 Å². The van der Waals surface area contributed by atoms with Gasteiger partial charge in [0.2, 0.25) is 5.91 Å². The van der Waals surface area contributed by atoms with Crippen LogP contribution in [0.25, 0.3) is 6.08 Å². The van der Waals surface area contributed by atoms with Gasteiger partial charge in [0.05, 0.1) is 13.2 Å². The van der Waals surface area contributed by atoms with Crippen LogP contribution in [0.4, 0.5) is 0 Å². The number of carbonyl (C=O) groups excluding carboxylic acids is 1. The van der Waals surface area contributed by atoms with Crippen LogP contribution < -0.4 is 0 Å². The molecule has 0 radical (unpaired) electrons. The molecule has 18 heavy (non-hydrogen) atoms. The molecule has 0 fully saturated rings. The molecule has 1 aromatic rings. The number of carbonyl (C=O) groups is 1. The van der Waals surface area contributed by atoms with Crippen LogP contribution in [0.1, 0.15) is 4.88 Å². The van der Waals surface area contributed by atoms with Crippen LogP contribution >= 0.6 is 11.3 Å². The van der Waals surface area contributed by atoms with Gasteiger partial charge in [-0.2, -0.15) is 0 Å². The van der Waals surface area contributed by atoms with Gasteiger partial charge in [-0.3, -0.25) is 4.79 Å². The molecule has 4 nitrogen and oxygen atoms in total. The first-order valence-corrected chi connectivity index (χ1v) is 6.64. The van der Waals surface area contributed by atoms with Gasteiger partial charge in [0.25, 0.3) is 0 Å². The molecule has 0 saturated carbocycles. The summed E-state index contributed by atoms with van der Waals surface area (Å²) in [6.45, 7) is 2.21. The topological polar surface area (TPSA) is 38.8 Å². The number of methoxy groups -OCH3 is 2. The lowest BCUT2D eigenvalue weighted by Crippen LogP contribution is -2.35. The fourth-order valence-corrected chi connectivity index (χ4v) is 2.00. The molecule has 0 bridgehead atoms. The van der Waals surface area contributed by atoms with Crippen LogP contribution in [0.3, 0.4) is 0 Å². The van der Waals surface area contributed by atoms with Crippen molar-refractivity contribution in [2.24, 2.45) is 0 Å². The Balaban J connectivity index is 2.51. The summed E-state index contributed by atoms with van der Waals surface area (Å²) in [4.78, 5) is 14.8. The van der Waals surface area contributed by atoms with E-state index in [4.69, 9.17) is 9.47 Å². The Morgan fingerprint density at radius 1 is 1.33 bits per heavy atom. The molecule has 0 aliphatic carbocycles. The van der Waals surface area contributed by atoms with E-state index < -0.39 is 0 Å². The Bertz CT molecular complexity index is 354. The van der Waals surface area contributed by atoms with E-state index in [0.717, 1.165) is 4.88 Å². The maximum Gasteiger partial charge on any atom is 0.246 e. The highest BCUT2D eigenvalue weighted by atomic mass is 32.1. The minimum absolute atomic E-state index is 0.0162. The Morgan fingerprint density at radius 3 is 2.50 bits per heavy atom. The van der Waals surface area contributed by atoms with E-state index in [9.17, 15) is 4.79 Å². The van der Waals surface area contributed by atoms with Gasteiger partial charge < -0.3 is 14.4 Å². The van der Waals surface area contributed by atoms with E-state index in [-0.39, 0.29) is 5.91 Å². The lowest BCUT2D eigenvalue weighted by molar-refractivity contribution is -0.127. The van der Waals surface area contributed by atoms with Crippen molar-refractivity contribution in [3.8, 4) is 0 Å². The van der Waals surface area contributed by atoms with E-state index in [1.165, 1.54) is 0 Å². The molecule has 1 aromatic heterocycles. The third kappa shape index (κ3) is 5.44. The van der Waals surface area contributed by atoms with Crippen molar-refractivity contribution in [1.82, 2.24) is 4.90 Å². The van der Waals surface area contributed by atoms with Gasteiger partial charge >= 0.3 is 0 Å². The normalized spacial score (nSPS) is 11.0. The second-order valence-electron chi connectivity index (χ2n) is 3.66. The molecule has 0 atom stereocenters. The predicted octanol–water partition coefficient (Wildman–Crippen LogP) is 1.88. The average molecular weight is 269 g/mol. The standard InChI is InChI=1S/C13H19NO3S/c1-16-9-7-14(8-10-17-2)13(15)6-5-12-4-3-11-18-12/h3-6,11H,7-10H2,1-2H3/b6-5+. The Hall–Kier alpha value is -1.17. The molecule has 0 saturated heterocycles. The van der Waals surface area contributed by atoms with Crippen molar-refractivity contribution in [3.63, 3.8) is 0 Å². The zero-order valence-corrected chi connectivity index (χ0v) is 11.6. The lowest BCUT2D eigenvalue weighted by Gasteiger charge is -2.20. The first-order valence-electron chi connectivity index (χ1n) is 5.76. The van der Waals surface area contributed by atoms with Crippen LogP contribution in [0.2, 0.25) is 0 Å². The molecule has 0 N–H and O–H groups in total. The summed E-state index contributed by atoms with van der Waals surface area (Å²) in [6.07, 6.45) is 3.43. The fraction of sp³-hybridized carbons (Fsp3) is 0.462. The van der Waals surface area contributed by atoms with E-state index >= 15 is 0 Å². The van der Waals surface area contributed by atoms with Crippen molar-refractivity contribution < 1.29 is 14.3 Å². The SMILES string of the molecule is COCCN(CCOC)C(=O)/C=C/c1cccs1. The van der Waals surface area contributed by atoms with Gasteiger partial charge in [0.1, 0.15) is 0 Å². The summed E-state index contributed by atoms with van der Waals surface area (Å²) < 4.78 is 9.99. The molecule has 100 valence electrons. The number of ether oxygens (including phenoxy) is 2. The third-order valence-corrected chi connectivity index (χ3v) is 3.21. The monoisotopic (exact) mass is 269 g/mol. The van der Waals surface area contributed by atoms with Gasteiger partial charge in [-0.25, -0.2) is 0 Å². The molecular formula is C13H19NO3S. The number of hydrogen-bond donors (Lipinski definition) is 0. The fourth-order valence-electron chi connectivity index (χ4n) is 1.38. The van der Waals surface area contributed by atoms with Crippen molar-refractivity contribution in [3.05, 3.63) is 28.5 Å². The average Bonchev–Trinajstić information content (AvgIpc) is 2.89. The van der Waals surface area contributed by atoms with Crippen LogP contribution in [-0.2, 0) is 14.3 Å². The predicted molar refractivity (Wildman–Crippen MR) is 73.7 cm³/mol. The zero-order chi connectivity index (χ0) is 13.2. The molecule has 0 aliphatic rings. The zero-order valence-electron chi connectivity index (χ0n) is 10.8. The van der Waals surface area contributed by atoms with Crippen molar-refractivity contribution in [1.29, 1.82) is 0 Å². The van der Waals surface area contributed by atoms with Crippen molar-refractivity contribution >= 4 is 23.3 Å². The van der Waals surface area contributed by atoms with Gasteiger partial charge in [0, 0.05) is 38.3 Å². The second-order valence-corrected chi connectivity index (χ2v) is 4.64. The quantitative estimate of drug-likeness (QED) is 0.676. The minimum atomic E-state index is -0.0162. The highest BCUT2D eigenvalue weighted by molar-refractivity contribution is 7.10. The molecule has 1 rings (SSSR count). The van der Waals surface area contributed by atoms with E-state index in [2.05, 4.69) is 0 Å². The van der Waals surface area contributed by atoms with Crippen molar-refractivity contribution in [2.75, 3.05) is 40.5 Å². The molecule has 1 amide bonds. The number of nitrogens with zero attached hydrogens (tertiary/aromatic N) is 1. The van der Waals surface area contributed by atoms with Crippen LogP contribution in [-0.4, -0.2) is 51.3 Å². The number of amides is 1. The molecular weight excluding hydrogens is 250 g/mol. The summed E-state index contributed by atoms with van der Waals surface area (Å²) in [5.74, 6) is -0.0162. The van der Waals surface area contributed by atoms with Gasteiger partial charge in [-0.05, 0) is 17.5 Å². The summed E-state index contributed by atoms with van der Waals surface area (Å²) in [7, 11) is 3.25. The third-order valence-electron chi connectivity index (χ3n) is 2.38. The Labute approximate surface area is 112 Å². The van der Waals surface area contributed by atoms with Gasteiger partial charge in [-0.1, -0.05) is 6.07 Å². The lowest BCUT2D eigenvalue weighted by atomic mass is 10.3. The molecule has 0 aliphatic heterocycles. The van der Waals surface area contributed by atoms with Gasteiger partial charge in [-0.15, -0.1) is 11.3 Å². The highest BCUT2D eigenvalue weighted by Gasteiger charge is 2.09. The van der Waals surface area contributed by atoms with E-state index in [0.29, 0.717) is 26.3 Å². The molecule has 0 unspecified atom stereocenters. The van der Waals surface area contributed by atoms with Crippen LogP contribution in [0.5, 0.6) is 0 Å². The number of rotatable bonds is 8. The molecule has 1 heterocycles. The van der Waals surface area contributed by atoms with Crippen LogP contribution in [0.15, 0.2) is 23.6 Å². The minimum Gasteiger partial charge on any atom is -0.383 e. The maximum atomic E-state index is 12.0. The Morgan fingerprint density at radius 2 is 2.00 bits per heavy atom. The maximum absolute atomic E-state index is 12.0. The first kappa shape index (κ1) is 14.9. The summed E-state index contributed by atoms with van der Waals surface area (Å²) in [5.41, 5.74) is 0. The Kier molecular flexibility index (Phi) is 7.32. The summed E-state index contributed by atoms with van der Waals surface area (Å²) >= 11 is 1.61. The highest BCUT2D eigenvalue weighted by Crippen LogP contribution is 2.10. The molecule has 0 aromatic carbocycles. The second kappa shape index (κ2) is 8.85. The number of thiophene rings is 1. The first-order chi connectivity index (χ1) is 8.77. The van der Waals surface area contributed by atoms with Crippen LogP contribution in [0, 0.1) is 0 Å². The molecule has 0 spiro atoms. The van der Waals surface area contributed by atoms with E-state index in [1.807, 2.05) is 23.6 Å². The largest absolute Gasteiger partial charge is 0.383 e.